The van der Waals surface area contributed by atoms with Crippen molar-refractivity contribution in [1.29, 1.82) is 0 Å². The Labute approximate surface area is 122 Å². The maximum Gasteiger partial charge on any atom is 0.164 e. The molecule has 3 heterocycles. The minimum Gasteiger partial charge on any atom is -0.274 e. The molecule has 0 aliphatic carbocycles. The van der Waals surface area contributed by atoms with Gasteiger partial charge in [-0.15, -0.1) is 11.6 Å². The summed E-state index contributed by atoms with van der Waals surface area (Å²) in [5.74, 6) is 1.96. The second-order valence-corrected chi connectivity index (χ2v) is 5.10. The molecule has 0 N–H and O–H groups in total. The molecular weight excluding hydrogens is 276 g/mol. The number of aryl methyl sites for hydroxylation is 3. The smallest absolute Gasteiger partial charge is 0.164 e. The number of alkyl halides is 1. The molecule has 0 unspecified atom stereocenters. The van der Waals surface area contributed by atoms with E-state index in [0.717, 1.165) is 41.3 Å². The minimum absolute atomic E-state index is 0.344. The Balaban J connectivity index is 2.29. The average Bonchev–Trinajstić information content (AvgIpc) is 3.07. The highest BCUT2D eigenvalue weighted by Crippen LogP contribution is 2.24. The molecule has 0 aliphatic heterocycles. The zero-order chi connectivity index (χ0) is 14.3. The molecule has 0 amide bonds. The number of aromatic nitrogens is 6. The van der Waals surface area contributed by atoms with Crippen LogP contribution in [0.25, 0.3) is 17.0 Å². The summed E-state index contributed by atoms with van der Waals surface area (Å²) in [4.78, 5) is 4.65. The van der Waals surface area contributed by atoms with Crippen LogP contribution in [0.3, 0.4) is 0 Å². The third kappa shape index (κ3) is 1.91. The molecule has 106 valence electrons. The highest BCUT2D eigenvalue weighted by Gasteiger charge is 2.20. The van der Waals surface area contributed by atoms with Crippen LogP contribution < -0.4 is 0 Å². The zero-order valence-electron chi connectivity index (χ0n) is 11.8. The van der Waals surface area contributed by atoms with E-state index >= 15 is 0 Å². The Hall–Kier alpha value is -1.82. The van der Waals surface area contributed by atoms with Crippen molar-refractivity contribution in [1.82, 2.24) is 29.1 Å². The molecule has 3 aromatic heterocycles. The van der Waals surface area contributed by atoms with Gasteiger partial charge in [0.1, 0.15) is 11.3 Å². The van der Waals surface area contributed by atoms with Gasteiger partial charge in [0.25, 0.3) is 0 Å². The molecule has 0 bridgehead atoms. The summed E-state index contributed by atoms with van der Waals surface area (Å²) in [5.41, 5.74) is 2.89. The van der Waals surface area contributed by atoms with Gasteiger partial charge in [0.15, 0.2) is 11.5 Å². The summed E-state index contributed by atoms with van der Waals surface area (Å²) in [6.07, 6.45) is 3.86. The SMILES string of the molecule is CCCc1nn(C)c2c1nc(CCl)n2-c1ccn(C)n1. The summed E-state index contributed by atoms with van der Waals surface area (Å²) in [5, 5.41) is 9.01. The van der Waals surface area contributed by atoms with Gasteiger partial charge in [-0.25, -0.2) is 9.67 Å². The molecule has 3 aromatic rings. The Morgan fingerprint density at radius 1 is 1.25 bits per heavy atom. The van der Waals surface area contributed by atoms with E-state index in [1.165, 1.54) is 0 Å². The number of halogens is 1. The number of hydrogen-bond donors (Lipinski definition) is 0. The second-order valence-electron chi connectivity index (χ2n) is 4.84. The van der Waals surface area contributed by atoms with Crippen LogP contribution in [0.1, 0.15) is 24.9 Å². The predicted molar refractivity (Wildman–Crippen MR) is 78.2 cm³/mol. The normalized spacial score (nSPS) is 11.6. The maximum absolute atomic E-state index is 6.05. The molecule has 0 fully saturated rings. The highest BCUT2D eigenvalue weighted by molar-refractivity contribution is 6.16. The number of imidazole rings is 1. The standard InChI is InChI=1S/C13H17ClN6/c1-4-5-9-12-13(19(3)16-9)20(11(8-14)15-12)10-6-7-18(2)17-10/h6-7H,4-5,8H2,1-3H3. The van der Waals surface area contributed by atoms with E-state index in [2.05, 4.69) is 22.1 Å². The van der Waals surface area contributed by atoms with E-state index in [1.54, 1.807) is 4.68 Å². The van der Waals surface area contributed by atoms with Gasteiger partial charge in [-0.2, -0.15) is 10.2 Å². The van der Waals surface area contributed by atoms with E-state index in [4.69, 9.17) is 11.6 Å². The monoisotopic (exact) mass is 292 g/mol. The second kappa shape index (κ2) is 4.94. The van der Waals surface area contributed by atoms with E-state index in [9.17, 15) is 0 Å². The third-order valence-corrected chi connectivity index (χ3v) is 3.55. The number of rotatable bonds is 4. The fourth-order valence-corrected chi connectivity index (χ4v) is 2.66. The highest BCUT2D eigenvalue weighted by atomic mass is 35.5. The molecule has 0 saturated carbocycles. The topological polar surface area (TPSA) is 53.5 Å². The van der Waals surface area contributed by atoms with Crippen LogP contribution in [0.15, 0.2) is 12.3 Å². The fourth-order valence-electron chi connectivity index (χ4n) is 2.48. The zero-order valence-corrected chi connectivity index (χ0v) is 12.6. The van der Waals surface area contributed by atoms with Gasteiger partial charge in [0.2, 0.25) is 0 Å². The molecule has 0 aliphatic rings. The summed E-state index contributed by atoms with van der Waals surface area (Å²) in [6, 6.07) is 1.95. The van der Waals surface area contributed by atoms with Crippen molar-refractivity contribution >= 4 is 22.8 Å². The lowest BCUT2D eigenvalue weighted by Gasteiger charge is -2.04. The first kappa shape index (κ1) is 13.2. The van der Waals surface area contributed by atoms with Gasteiger partial charge in [0, 0.05) is 26.4 Å². The first-order valence-corrected chi connectivity index (χ1v) is 7.18. The lowest BCUT2D eigenvalue weighted by molar-refractivity contribution is 0.716. The predicted octanol–water partition coefficient (Wildman–Crippen LogP) is 2.18. The number of hydrogen-bond acceptors (Lipinski definition) is 3. The minimum atomic E-state index is 0.344. The molecule has 0 saturated heterocycles. The van der Waals surface area contributed by atoms with Gasteiger partial charge < -0.3 is 0 Å². The van der Waals surface area contributed by atoms with Crippen molar-refractivity contribution in [2.45, 2.75) is 25.6 Å². The van der Waals surface area contributed by atoms with E-state index in [-0.39, 0.29) is 0 Å². The first-order chi connectivity index (χ1) is 9.65. The number of nitrogens with zero attached hydrogens (tertiary/aromatic N) is 6. The van der Waals surface area contributed by atoms with Gasteiger partial charge in [-0.1, -0.05) is 13.3 Å². The van der Waals surface area contributed by atoms with Crippen LogP contribution in [-0.4, -0.2) is 29.1 Å². The third-order valence-electron chi connectivity index (χ3n) is 3.31. The van der Waals surface area contributed by atoms with E-state index < -0.39 is 0 Å². The molecule has 20 heavy (non-hydrogen) atoms. The number of fused-ring (bicyclic) bond motifs is 1. The molecule has 0 spiro atoms. The van der Waals surface area contributed by atoms with Gasteiger partial charge in [0.05, 0.1) is 11.6 Å². The molecule has 0 aromatic carbocycles. The van der Waals surface area contributed by atoms with Crippen LogP contribution in [0.5, 0.6) is 0 Å². The Bertz CT molecular complexity index is 750. The molecule has 7 heteroatoms. The molecule has 0 radical (unpaired) electrons. The summed E-state index contributed by atoms with van der Waals surface area (Å²) < 4.78 is 5.61. The van der Waals surface area contributed by atoms with Crippen LogP contribution in [0.2, 0.25) is 0 Å². The average molecular weight is 293 g/mol. The largest absolute Gasteiger partial charge is 0.274 e. The van der Waals surface area contributed by atoms with Crippen LogP contribution in [-0.2, 0) is 26.4 Å². The summed E-state index contributed by atoms with van der Waals surface area (Å²) in [7, 11) is 3.82. The Kier molecular flexibility index (Phi) is 3.25. The van der Waals surface area contributed by atoms with Crippen LogP contribution in [0.4, 0.5) is 0 Å². The summed E-state index contributed by atoms with van der Waals surface area (Å²) in [6.45, 7) is 2.14. The maximum atomic E-state index is 6.05. The van der Waals surface area contributed by atoms with Crippen LogP contribution in [0, 0.1) is 0 Å². The van der Waals surface area contributed by atoms with Crippen molar-refractivity contribution in [3.63, 3.8) is 0 Å². The fraction of sp³-hybridized carbons (Fsp3) is 0.462. The van der Waals surface area contributed by atoms with Crippen molar-refractivity contribution in [3.8, 4) is 5.82 Å². The quantitative estimate of drug-likeness (QED) is 0.693. The lowest BCUT2D eigenvalue weighted by atomic mass is 10.2. The van der Waals surface area contributed by atoms with Crippen molar-refractivity contribution in [3.05, 3.63) is 23.8 Å². The Morgan fingerprint density at radius 2 is 2.05 bits per heavy atom. The molecule has 0 atom stereocenters. The van der Waals surface area contributed by atoms with Crippen LogP contribution >= 0.6 is 11.6 Å². The van der Waals surface area contributed by atoms with Gasteiger partial charge in [-0.05, 0) is 6.42 Å². The summed E-state index contributed by atoms with van der Waals surface area (Å²) >= 11 is 6.05. The van der Waals surface area contributed by atoms with Crippen molar-refractivity contribution < 1.29 is 0 Å². The van der Waals surface area contributed by atoms with Gasteiger partial charge >= 0.3 is 0 Å². The first-order valence-electron chi connectivity index (χ1n) is 6.64. The van der Waals surface area contributed by atoms with Gasteiger partial charge in [-0.3, -0.25) is 9.25 Å². The molecular formula is C13H17ClN6. The van der Waals surface area contributed by atoms with E-state index in [0.29, 0.717) is 5.88 Å². The van der Waals surface area contributed by atoms with E-state index in [1.807, 2.05) is 35.6 Å². The lowest BCUT2D eigenvalue weighted by Crippen LogP contribution is -2.05. The van der Waals surface area contributed by atoms with Crippen molar-refractivity contribution in [2.75, 3.05) is 0 Å². The van der Waals surface area contributed by atoms with Crippen molar-refractivity contribution in [2.24, 2.45) is 14.1 Å². The molecule has 3 rings (SSSR count). The molecule has 6 nitrogen and oxygen atoms in total. The Morgan fingerprint density at radius 3 is 2.65 bits per heavy atom.